The second-order valence-electron chi connectivity index (χ2n) is 6.24. The van der Waals surface area contributed by atoms with E-state index >= 15 is 0 Å². The van der Waals surface area contributed by atoms with E-state index in [1.807, 2.05) is 4.98 Å². The first-order valence-electron chi connectivity index (χ1n) is 8.63. The van der Waals surface area contributed by atoms with E-state index < -0.39 is 60.8 Å². The Morgan fingerprint density at radius 3 is 2.57 bits per heavy atom. The Balaban J connectivity index is 1.98. The number of nitrogens with zero attached hydrogens (tertiary/aromatic N) is 1. The van der Waals surface area contributed by atoms with Crippen LogP contribution in [0.25, 0.3) is 6.08 Å². The Hall–Kier alpha value is -2.97. The van der Waals surface area contributed by atoms with Gasteiger partial charge in [-0.15, -0.1) is 0 Å². The van der Waals surface area contributed by atoms with Crippen molar-refractivity contribution in [3.63, 3.8) is 0 Å². The molecule has 0 aromatic carbocycles. The number of H-pyrrole nitrogens is 1. The fourth-order valence-corrected chi connectivity index (χ4v) is 2.57. The average molecular weight is 436 g/mol. The van der Waals surface area contributed by atoms with E-state index in [0.717, 1.165) is 22.9 Å². The molecule has 0 aliphatic carbocycles. The Kier molecular flexibility index (Phi) is 7.53. The third kappa shape index (κ3) is 6.01. The van der Waals surface area contributed by atoms with Crippen LogP contribution in [0.4, 0.5) is 13.2 Å². The zero-order valence-electron chi connectivity index (χ0n) is 15.3. The number of amides is 2. The van der Waals surface area contributed by atoms with Crippen molar-refractivity contribution in [3.05, 3.63) is 38.7 Å². The summed E-state index contributed by atoms with van der Waals surface area (Å²) in [5, 5.41) is 22.6. The smallest absolute Gasteiger partial charge is 0.394 e. The lowest BCUT2D eigenvalue weighted by molar-refractivity contribution is -0.173. The number of hydrogen-bond donors (Lipinski definition) is 5. The van der Waals surface area contributed by atoms with Gasteiger partial charge in [0.25, 0.3) is 5.56 Å². The normalized spacial score (nSPS) is 21.7. The van der Waals surface area contributed by atoms with Gasteiger partial charge in [-0.05, 0) is 6.08 Å². The summed E-state index contributed by atoms with van der Waals surface area (Å²) < 4.78 is 42.4. The first-order valence-corrected chi connectivity index (χ1v) is 8.63. The molecule has 0 radical (unpaired) electrons. The number of rotatable bonds is 7. The molecule has 0 saturated carbocycles. The fourth-order valence-electron chi connectivity index (χ4n) is 2.57. The largest absolute Gasteiger partial charge is 0.471 e. The van der Waals surface area contributed by atoms with Gasteiger partial charge in [0, 0.05) is 31.8 Å². The van der Waals surface area contributed by atoms with Crippen molar-refractivity contribution in [1.29, 1.82) is 0 Å². The molecule has 166 valence electrons. The third-order valence-electron chi connectivity index (χ3n) is 4.07. The number of aliphatic hydroxyl groups excluding tert-OH is 2. The van der Waals surface area contributed by atoms with Crippen LogP contribution in [0.2, 0.25) is 0 Å². The molecule has 2 unspecified atom stereocenters. The average Bonchev–Trinajstić information content (AvgIpc) is 3.04. The Morgan fingerprint density at radius 2 is 1.97 bits per heavy atom. The lowest BCUT2D eigenvalue weighted by Crippen LogP contribution is -2.40. The molecule has 1 fully saturated rings. The van der Waals surface area contributed by atoms with E-state index in [0.29, 0.717) is 0 Å². The molecule has 3 atom stereocenters. The lowest BCUT2D eigenvalue weighted by atomic mass is 10.2. The van der Waals surface area contributed by atoms with Crippen LogP contribution in [0.5, 0.6) is 0 Å². The number of ether oxygens (including phenoxy) is 1. The zero-order chi connectivity index (χ0) is 22.5. The summed E-state index contributed by atoms with van der Waals surface area (Å²) in [6, 6.07) is 0. The van der Waals surface area contributed by atoms with Gasteiger partial charge < -0.3 is 25.6 Å². The number of aliphatic hydroxyl groups is 2. The summed E-state index contributed by atoms with van der Waals surface area (Å²) in [6.07, 6.45) is -4.81. The second kappa shape index (κ2) is 9.69. The van der Waals surface area contributed by atoms with Crippen LogP contribution in [0.3, 0.4) is 0 Å². The number of carbonyl (C=O) groups excluding carboxylic acids is 2. The number of nitrogens with one attached hydrogen (secondary N) is 3. The molecule has 1 aromatic heterocycles. The Labute approximate surface area is 166 Å². The van der Waals surface area contributed by atoms with Crippen LogP contribution in [0.1, 0.15) is 18.2 Å². The first kappa shape index (κ1) is 23.3. The predicted octanol–water partition coefficient (Wildman–Crippen LogP) is -2.01. The molecule has 1 aliphatic rings. The van der Waals surface area contributed by atoms with Crippen molar-refractivity contribution in [2.45, 2.75) is 31.0 Å². The van der Waals surface area contributed by atoms with Crippen molar-refractivity contribution in [1.82, 2.24) is 20.2 Å². The number of halogens is 3. The molecule has 2 heterocycles. The van der Waals surface area contributed by atoms with Crippen molar-refractivity contribution in [2.24, 2.45) is 0 Å². The van der Waals surface area contributed by atoms with Gasteiger partial charge in [0.2, 0.25) is 5.91 Å². The maximum Gasteiger partial charge on any atom is 0.471 e. The number of alkyl halides is 3. The maximum atomic E-state index is 12.0. The standard InChI is InChI=1S/C16H19F3N4O7/c17-16(18,19)14(28)21-4-3-20-11(26)2-1-8-6-23(15(29)22-13(8)27)12-5-9(25)10(7-24)30-12/h1-2,6,9-10,12,24-25H,3-5,7H2,(H,20,26)(H,21,28)(H,22,27,29)/b2-1+/t9?,10-,12?/m0/s1. The number of aromatic nitrogens is 2. The topological polar surface area (TPSA) is 163 Å². The molecule has 2 rings (SSSR count). The maximum absolute atomic E-state index is 12.0. The van der Waals surface area contributed by atoms with Gasteiger partial charge in [-0.1, -0.05) is 0 Å². The van der Waals surface area contributed by atoms with Crippen molar-refractivity contribution in [2.75, 3.05) is 19.7 Å². The van der Waals surface area contributed by atoms with Gasteiger partial charge in [-0.3, -0.25) is 23.9 Å². The molecular formula is C16H19F3N4O7. The Morgan fingerprint density at radius 1 is 1.30 bits per heavy atom. The fraction of sp³-hybridized carbons (Fsp3) is 0.500. The van der Waals surface area contributed by atoms with Gasteiger partial charge in [-0.25, -0.2) is 4.79 Å². The van der Waals surface area contributed by atoms with Crippen molar-refractivity contribution < 1.29 is 37.7 Å². The van der Waals surface area contributed by atoms with Crippen LogP contribution >= 0.6 is 0 Å². The molecule has 30 heavy (non-hydrogen) atoms. The highest BCUT2D eigenvalue weighted by Crippen LogP contribution is 2.27. The van der Waals surface area contributed by atoms with Gasteiger partial charge >= 0.3 is 17.8 Å². The van der Waals surface area contributed by atoms with E-state index in [-0.39, 0.29) is 18.5 Å². The van der Waals surface area contributed by atoms with Gasteiger partial charge in [0.05, 0.1) is 18.3 Å². The molecule has 11 nitrogen and oxygen atoms in total. The highest BCUT2D eigenvalue weighted by molar-refractivity contribution is 5.91. The molecule has 5 N–H and O–H groups in total. The number of aromatic amines is 1. The highest BCUT2D eigenvalue weighted by Gasteiger charge is 2.38. The van der Waals surface area contributed by atoms with Crippen LogP contribution < -0.4 is 21.9 Å². The SMILES string of the molecule is O=C(/C=C/c1cn(C2CC(O)[C@H](CO)O2)c(=O)[nH]c1=O)NCCNC(=O)C(F)(F)F. The monoisotopic (exact) mass is 436 g/mol. The summed E-state index contributed by atoms with van der Waals surface area (Å²) in [7, 11) is 0. The summed E-state index contributed by atoms with van der Waals surface area (Å²) in [5.74, 6) is -2.90. The summed E-state index contributed by atoms with van der Waals surface area (Å²) in [5.41, 5.74) is -1.74. The van der Waals surface area contributed by atoms with Gasteiger partial charge in [-0.2, -0.15) is 13.2 Å². The molecule has 1 aliphatic heterocycles. The summed E-state index contributed by atoms with van der Waals surface area (Å²) in [6.45, 7) is -1.22. The second-order valence-corrected chi connectivity index (χ2v) is 6.24. The van der Waals surface area contributed by atoms with E-state index in [2.05, 4.69) is 5.32 Å². The van der Waals surface area contributed by atoms with Crippen LogP contribution in [0, 0.1) is 0 Å². The molecule has 2 amide bonds. The van der Waals surface area contributed by atoms with Crippen LogP contribution in [-0.4, -0.2) is 69.7 Å². The highest BCUT2D eigenvalue weighted by atomic mass is 19.4. The molecule has 1 saturated heterocycles. The number of carbonyl (C=O) groups is 2. The van der Waals surface area contributed by atoms with Gasteiger partial charge in [0.15, 0.2) is 0 Å². The van der Waals surface area contributed by atoms with Crippen molar-refractivity contribution >= 4 is 17.9 Å². The quantitative estimate of drug-likeness (QED) is 0.243. The Bertz CT molecular complexity index is 925. The first-order chi connectivity index (χ1) is 14.0. The number of hydrogen-bond acceptors (Lipinski definition) is 7. The minimum absolute atomic E-state index is 0.00946. The molecule has 1 aromatic rings. The molecule has 0 bridgehead atoms. The lowest BCUT2D eigenvalue weighted by Gasteiger charge is -2.14. The summed E-state index contributed by atoms with van der Waals surface area (Å²) in [4.78, 5) is 48.2. The molecular weight excluding hydrogens is 417 g/mol. The van der Waals surface area contributed by atoms with Gasteiger partial charge in [0.1, 0.15) is 12.3 Å². The van der Waals surface area contributed by atoms with E-state index in [4.69, 9.17) is 9.84 Å². The van der Waals surface area contributed by atoms with Crippen LogP contribution in [0.15, 0.2) is 21.9 Å². The minimum Gasteiger partial charge on any atom is -0.394 e. The van der Waals surface area contributed by atoms with Crippen LogP contribution in [-0.2, 0) is 14.3 Å². The molecule has 14 heteroatoms. The van der Waals surface area contributed by atoms with E-state index in [1.54, 1.807) is 5.32 Å². The van der Waals surface area contributed by atoms with Crippen molar-refractivity contribution in [3.8, 4) is 0 Å². The van der Waals surface area contributed by atoms with E-state index in [9.17, 15) is 37.5 Å². The van der Waals surface area contributed by atoms with E-state index in [1.165, 1.54) is 0 Å². The minimum atomic E-state index is -5.02. The third-order valence-corrected chi connectivity index (χ3v) is 4.07. The summed E-state index contributed by atoms with van der Waals surface area (Å²) >= 11 is 0. The molecule has 0 spiro atoms. The predicted molar refractivity (Wildman–Crippen MR) is 94.1 cm³/mol. The zero-order valence-corrected chi connectivity index (χ0v) is 15.3.